The molecular formula is C9H10N4. The molecule has 4 nitrogen and oxygen atoms in total. The van der Waals surface area contributed by atoms with Gasteiger partial charge in [-0.25, -0.2) is 4.98 Å². The lowest BCUT2D eigenvalue weighted by molar-refractivity contribution is 0.935. The largest absolute Gasteiger partial charge is 0.384 e. The molecule has 0 bridgehead atoms. The number of hydrogen-bond acceptors (Lipinski definition) is 3. The van der Waals surface area contributed by atoms with Crippen molar-refractivity contribution >= 4 is 5.82 Å². The highest BCUT2D eigenvalue weighted by Gasteiger charge is 2.04. The van der Waals surface area contributed by atoms with Gasteiger partial charge in [-0.15, -0.1) is 0 Å². The molecule has 2 heterocycles. The Kier molecular flexibility index (Phi) is 1.73. The average molecular weight is 174 g/mol. The number of anilines is 1. The fraction of sp³-hybridized carbons (Fsp3) is 0.111. The smallest absolute Gasteiger partial charge is 0.142 e. The van der Waals surface area contributed by atoms with Gasteiger partial charge in [-0.2, -0.15) is 0 Å². The van der Waals surface area contributed by atoms with Crippen LogP contribution in [-0.4, -0.2) is 14.5 Å². The predicted octanol–water partition coefficient (Wildman–Crippen LogP) is 1.06. The molecular weight excluding hydrogens is 164 g/mol. The summed E-state index contributed by atoms with van der Waals surface area (Å²) >= 11 is 0. The van der Waals surface area contributed by atoms with Crippen molar-refractivity contribution in [3.8, 4) is 11.4 Å². The van der Waals surface area contributed by atoms with Gasteiger partial charge in [0.15, 0.2) is 0 Å². The van der Waals surface area contributed by atoms with Crippen LogP contribution < -0.4 is 5.73 Å². The fourth-order valence-corrected chi connectivity index (χ4v) is 1.19. The summed E-state index contributed by atoms with van der Waals surface area (Å²) < 4.78 is 1.83. The van der Waals surface area contributed by atoms with Gasteiger partial charge in [-0.1, -0.05) is 0 Å². The zero-order valence-electron chi connectivity index (χ0n) is 7.31. The van der Waals surface area contributed by atoms with E-state index in [9.17, 15) is 0 Å². The zero-order valence-corrected chi connectivity index (χ0v) is 7.31. The minimum atomic E-state index is 0.652. The maximum absolute atomic E-state index is 5.66. The van der Waals surface area contributed by atoms with Gasteiger partial charge in [0, 0.05) is 25.0 Å². The molecule has 0 atom stereocenters. The maximum atomic E-state index is 5.66. The van der Waals surface area contributed by atoms with E-state index in [2.05, 4.69) is 9.97 Å². The number of imidazole rings is 1. The normalized spacial score (nSPS) is 10.2. The lowest BCUT2D eigenvalue weighted by Crippen LogP contribution is -1.97. The van der Waals surface area contributed by atoms with E-state index in [1.54, 1.807) is 18.6 Å². The third-order valence-corrected chi connectivity index (χ3v) is 1.94. The summed E-state index contributed by atoms with van der Waals surface area (Å²) in [6, 6.07) is 3.83. The van der Waals surface area contributed by atoms with Crippen LogP contribution in [0.2, 0.25) is 0 Å². The third-order valence-electron chi connectivity index (χ3n) is 1.94. The third kappa shape index (κ3) is 1.26. The van der Waals surface area contributed by atoms with E-state index in [0.29, 0.717) is 5.82 Å². The molecule has 0 unspecified atom stereocenters. The summed E-state index contributed by atoms with van der Waals surface area (Å²) in [5.41, 5.74) is 6.63. The van der Waals surface area contributed by atoms with E-state index >= 15 is 0 Å². The number of rotatable bonds is 1. The first-order valence-corrected chi connectivity index (χ1v) is 3.96. The monoisotopic (exact) mass is 174 g/mol. The van der Waals surface area contributed by atoms with E-state index in [4.69, 9.17) is 5.73 Å². The first kappa shape index (κ1) is 7.79. The molecule has 2 rings (SSSR count). The topological polar surface area (TPSA) is 56.7 Å². The molecule has 0 saturated heterocycles. The highest BCUT2D eigenvalue weighted by molar-refractivity contribution is 5.56. The Morgan fingerprint density at radius 3 is 2.77 bits per heavy atom. The molecule has 0 aliphatic heterocycles. The van der Waals surface area contributed by atoms with Crippen molar-refractivity contribution in [2.75, 3.05) is 5.73 Å². The van der Waals surface area contributed by atoms with Crippen LogP contribution in [0.1, 0.15) is 0 Å². The average Bonchev–Trinajstić information content (AvgIpc) is 2.49. The lowest BCUT2D eigenvalue weighted by Gasteiger charge is -2.01. The maximum Gasteiger partial charge on any atom is 0.142 e. The van der Waals surface area contributed by atoms with Crippen LogP contribution in [-0.2, 0) is 7.05 Å². The quantitative estimate of drug-likeness (QED) is 0.703. The first-order chi connectivity index (χ1) is 6.29. The Morgan fingerprint density at radius 1 is 1.38 bits per heavy atom. The Morgan fingerprint density at radius 2 is 2.23 bits per heavy atom. The second-order valence-electron chi connectivity index (χ2n) is 2.81. The molecule has 2 aromatic heterocycles. The number of hydrogen-bond donors (Lipinski definition) is 1. The van der Waals surface area contributed by atoms with Crippen molar-refractivity contribution < 1.29 is 0 Å². The van der Waals surface area contributed by atoms with E-state index < -0.39 is 0 Å². The summed E-state index contributed by atoms with van der Waals surface area (Å²) in [6.45, 7) is 0. The van der Waals surface area contributed by atoms with Crippen LogP contribution >= 0.6 is 0 Å². The van der Waals surface area contributed by atoms with Gasteiger partial charge in [0.25, 0.3) is 0 Å². The second kappa shape index (κ2) is 2.90. The van der Waals surface area contributed by atoms with Crippen molar-refractivity contribution in [2.45, 2.75) is 0 Å². The van der Waals surface area contributed by atoms with Crippen LogP contribution in [0.4, 0.5) is 5.82 Å². The Balaban J connectivity index is 2.53. The fourth-order valence-electron chi connectivity index (χ4n) is 1.19. The van der Waals surface area contributed by atoms with Crippen LogP contribution in [0.15, 0.2) is 30.7 Å². The molecule has 0 amide bonds. The minimum absolute atomic E-state index is 0.652. The molecule has 0 saturated carbocycles. The van der Waals surface area contributed by atoms with Crippen LogP contribution in [0.25, 0.3) is 11.4 Å². The summed E-state index contributed by atoms with van der Waals surface area (Å²) in [4.78, 5) is 8.20. The SMILES string of the molecule is Cn1c(N)cnc1-c1cccnc1. The van der Waals surface area contributed by atoms with Crippen molar-refractivity contribution in [3.63, 3.8) is 0 Å². The van der Waals surface area contributed by atoms with E-state index in [1.165, 1.54) is 0 Å². The van der Waals surface area contributed by atoms with Gasteiger partial charge in [0.05, 0.1) is 6.20 Å². The Bertz CT molecular complexity index is 405. The van der Waals surface area contributed by atoms with Crippen LogP contribution in [0.3, 0.4) is 0 Å². The standard InChI is InChI=1S/C9H10N4/c1-13-8(10)6-12-9(13)7-3-2-4-11-5-7/h2-6H,10H2,1H3. The molecule has 2 N–H and O–H groups in total. The number of nitrogens with zero attached hydrogens (tertiary/aromatic N) is 3. The predicted molar refractivity (Wildman–Crippen MR) is 50.9 cm³/mol. The Labute approximate surface area is 76.1 Å². The second-order valence-corrected chi connectivity index (χ2v) is 2.81. The van der Waals surface area contributed by atoms with E-state index in [0.717, 1.165) is 11.4 Å². The molecule has 2 aromatic rings. The summed E-state index contributed by atoms with van der Waals surface area (Å²) in [5.74, 6) is 1.49. The summed E-state index contributed by atoms with van der Waals surface area (Å²) in [6.07, 6.45) is 5.14. The molecule has 0 spiro atoms. The van der Waals surface area contributed by atoms with Gasteiger partial charge >= 0.3 is 0 Å². The van der Waals surface area contributed by atoms with Gasteiger partial charge in [0.2, 0.25) is 0 Å². The Hall–Kier alpha value is -1.84. The number of pyridine rings is 1. The minimum Gasteiger partial charge on any atom is -0.384 e. The highest BCUT2D eigenvalue weighted by atomic mass is 15.1. The molecule has 0 aliphatic rings. The lowest BCUT2D eigenvalue weighted by atomic mass is 10.3. The van der Waals surface area contributed by atoms with Crippen molar-refractivity contribution in [3.05, 3.63) is 30.7 Å². The number of nitrogen functional groups attached to an aromatic ring is 1. The van der Waals surface area contributed by atoms with E-state index in [1.807, 2.05) is 23.7 Å². The van der Waals surface area contributed by atoms with Crippen molar-refractivity contribution in [2.24, 2.45) is 7.05 Å². The van der Waals surface area contributed by atoms with Crippen LogP contribution in [0.5, 0.6) is 0 Å². The number of aromatic nitrogens is 3. The van der Waals surface area contributed by atoms with Crippen molar-refractivity contribution in [1.29, 1.82) is 0 Å². The van der Waals surface area contributed by atoms with Crippen molar-refractivity contribution in [1.82, 2.24) is 14.5 Å². The summed E-state index contributed by atoms with van der Waals surface area (Å²) in [5, 5.41) is 0. The van der Waals surface area contributed by atoms with Gasteiger partial charge in [-0.05, 0) is 12.1 Å². The molecule has 66 valence electrons. The number of nitrogens with two attached hydrogens (primary N) is 1. The highest BCUT2D eigenvalue weighted by Crippen LogP contribution is 2.17. The molecule has 0 aromatic carbocycles. The molecule has 0 radical (unpaired) electrons. The van der Waals surface area contributed by atoms with E-state index in [-0.39, 0.29) is 0 Å². The first-order valence-electron chi connectivity index (χ1n) is 3.96. The van der Waals surface area contributed by atoms with Gasteiger partial charge < -0.3 is 10.3 Å². The zero-order chi connectivity index (χ0) is 9.26. The molecule has 13 heavy (non-hydrogen) atoms. The molecule has 0 aliphatic carbocycles. The van der Waals surface area contributed by atoms with Crippen LogP contribution in [0, 0.1) is 0 Å². The van der Waals surface area contributed by atoms with Gasteiger partial charge in [-0.3, -0.25) is 4.98 Å². The summed E-state index contributed by atoms with van der Waals surface area (Å²) in [7, 11) is 1.88. The van der Waals surface area contributed by atoms with Gasteiger partial charge in [0.1, 0.15) is 11.6 Å². The molecule has 0 fully saturated rings. The molecule has 4 heteroatoms.